The Bertz CT molecular complexity index is 686. The fraction of sp³-hybridized carbons (Fsp3) is 0.667. The normalized spacial score (nSPS) is 21.6. The maximum absolute atomic E-state index is 12.7. The van der Waals surface area contributed by atoms with Gasteiger partial charge in [-0.25, -0.2) is 8.42 Å². The molecule has 2 aliphatic rings. The van der Waals surface area contributed by atoms with Crippen LogP contribution in [-0.2, 0) is 14.8 Å². The first-order valence-corrected chi connectivity index (χ1v) is 10.9. The number of amides is 1. The maximum atomic E-state index is 12.7. The summed E-state index contributed by atoms with van der Waals surface area (Å²) >= 11 is 6.94. The molecule has 0 bridgehead atoms. The number of nitrogens with one attached hydrogen (secondary N) is 1. The predicted molar refractivity (Wildman–Crippen MR) is 94.9 cm³/mol. The van der Waals surface area contributed by atoms with E-state index in [2.05, 4.69) is 5.32 Å². The summed E-state index contributed by atoms with van der Waals surface area (Å²) in [5.41, 5.74) is 0. The lowest BCUT2D eigenvalue weighted by Crippen LogP contribution is -2.43. The second-order valence-electron chi connectivity index (χ2n) is 6.17. The number of halogens is 1. The van der Waals surface area contributed by atoms with Crippen LogP contribution in [-0.4, -0.2) is 62.8 Å². The van der Waals surface area contributed by atoms with Crippen molar-refractivity contribution in [1.29, 1.82) is 0 Å². The van der Waals surface area contributed by atoms with E-state index in [1.807, 2.05) is 4.90 Å². The summed E-state index contributed by atoms with van der Waals surface area (Å²) in [6.45, 7) is 3.62. The molecular weight excluding hydrogens is 370 g/mol. The first-order chi connectivity index (χ1) is 11.5. The van der Waals surface area contributed by atoms with Gasteiger partial charge >= 0.3 is 0 Å². The van der Waals surface area contributed by atoms with Crippen LogP contribution in [0.25, 0.3) is 0 Å². The highest BCUT2D eigenvalue weighted by Gasteiger charge is 2.31. The van der Waals surface area contributed by atoms with Gasteiger partial charge in [0, 0.05) is 32.1 Å². The van der Waals surface area contributed by atoms with E-state index in [1.165, 1.54) is 4.31 Å². The summed E-state index contributed by atoms with van der Waals surface area (Å²) in [7, 11) is -3.52. The van der Waals surface area contributed by atoms with Crippen molar-refractivity contribution in [2.75, 3.05) is 39.3 Å². The van der Waals surface area contributed by atoms with Crippen molar-refractivity contribution in [1.82, 2.24) is 14.5 Å². The molecule has 24 heavy (non-hydrogen) atoms. The minimum Gasteiger partial charge on any atom is -0.341 e. The monoisotopic (exact) mass is 391 g/mol. The summed E-state index contributed by atoms with van der Waals surface area (Å²) < 4.78 is 27.6. The number of hydrogen-bond acceptors (Lipinski definition) is 5. The van der Waals surface area contributed by atoms with Crippen LogP contribution in [0.2, 0.25) is 4.34 Å². The number of rotatable bonds is 3. The number of carbonyl (C=O) groups excluding carboxylic acids is 1. The summed E-state index contributed by atoms with van der Waals surface area (Å²) in [5, 5.41) is 3.26. The Morgan fingerprint density at radius 3 is 2.58 bits per heavy atom. The second kappa shape index (κ2) is 7.70. The van der Waals surface area contributed by atoms with Crippen molar-refractivity contribution >= 4 is 38.9 Å². The molecule has 1 amide bonds. The van der Waals surface area contributed by atoms with Crippen LogP contribution in [0.3, 0.4) is 0 Å². The van der Waals surface area contributed by atoms with E-state index >= 15 is 0 Å². The third-order valence-electron chi connectivity index (χ3n) is 4.60. The second-order valence-corrected chi connectivity index (χ2v) is 10.0. The lowest BCUT2D eigenvalue weighted by atomic mass is 9.96. The molecule has 3 rings (SSSR count). The maximum Gasteiger partial charge on any atom is 0.252 e. The Hall–Kier alpha value is -0.670. The zero-order valence-electron chi connectivity index (χ0n) is 13.4. The number of sulfonamides is 1. The van der Waals surface area contributed by atoms with Crippen LogP contribution in [0.5, 0.6) is 0 Å². The van der Waals surface area contributed by atoms with Gasteiger partial charge in [0.2, 0.25) is 5.91 Å². The van der Waals surface area contributed by atoms with Gasteiger partial charge in [-0.3, -0.25) is 4.79 Å². The summed E-state index contributed by atoms with van der Waals surface area (Å²) in [4.78, 5) is 14.5. The fourth-order valence-corrected chi connectivity index (χ4v) is 6.35. The topological polar surface area (TPSA) is 69.7 Å². The molecule has 0 spiro atoms. The lowest BCUT2D eigenvalue weighted by molar-refractivity contribution is -0.136. The number of thiophene rings is 1. The standard InChI is InChI=1S/C15H22ClN3O3S2/c16-13-2-3-14(23-13)24(21,22)19-9-1-8-18(10-11-19)15(20)12-4-6-17-7-5-12/h2-3,12,17H,1,4-11H2. The Morgan fingerprint density at radius 1 is 1.17 bits per heavy atom. The Labute approximate surface area is 151 Å². The van der Waals surface area contributed by atoms with E-state index in [9.17, 15) is 13.2 Å². The molecule has 0 aliphatic carbocycles. The van der Waals surface area contributed by atoms with Crippen molar-refractivity contribution < 1.29 is 13.2 Å². The molecular formula is C15H22ClN3O3S2. The van der Waals surface area contributed by atoms with E-state index in [4.69, 9.17) is 11.6 Å². The Kier molecular flexibility index (Phi) is 5.82. The molecule has 2 saturated heterocycles. The third kappa shape index (κ3) is 3.94. The average Bonchev–Trinajstić information content (AvgIpc) is 2.88. The molecule has 9 heteroatoms. The van der Waals surface area contributed by atoms with Crippen LogP contribution >= 0.6 is 22.9 Å². The molecule has 134 valence electrons. The largest absolute Gasteiger partial charge is 0.341 e. The molecule has 2 aliphatic heterocycles. The molecule has 1 N–H and O–H groups in total. The Morgan fingerprint density at radius 2 is 1.92 bits per heavy atom. The quantitative estimate of drug-likeness (QED) is 0.850. The van der Waals surface area contributed by atoms with Crippen LogP contribution in [0, 0.1) is 5.92 Å². The molecule has 0 aromatic carbocycles. The Balaban J connectivity index is 1.65. The van der Waals surface area contributed by atoms with Crippen molar-refractivity contribution in [3.63, 3.8) is 0 Å². The van der Waals surface area contributed by atoms with Gasteiger partial charge in [0.15, 0.2) is 0 Å². The van der Waals surface area contributed by atoms with E-state index < -0.39 is 10.0 Å². The van der Waals surface area contributed by atoms with Gasteiger partial charge in [0.05, 0.1) is 4.34 Å². The first-order valence-electron chi connectivity index (χ1n) is 8.23. The zero-order chi connectivity index (χ0) is 17.2. The summed E-state index contributed by atoms with van der Waals surface area (Å²) in [5.74, 6) is 0.250. The molecule has 3 heterocycles. The van der Waals surface area contributed by atoms with Gasteiger partial charge in [-0.15, -0.1) is 11.3 Å². The highest BCUT2D eigenvalue weighted by molar-refractivity contribution is 7.91. The first kappa shape index (κ1) is 18.1. The van der Waals surface area contributed by atoms with Crippen molar-refractivity contribution in [2.24, 2.45) is 5.92 Å². The zero-order valence-corrected chi connectivity index (χ0v) is 15.8. The molecule has 2 fully saturated rings. The van der Waals surface area contributed by atoms with E-state index in [1.54, 1.807) is 12.1 Å². The minimum absolute atomic E-state index is 0.0745. The SMILES string of the molecule is O=C(C1CCNCC1)N1CCCN(S(=O)(=O)c2ccc(Cl)s2)CC1. The fourth-order valence-electron chi connectivity index (χ4n) is 3.25. The highest BCUT2D eigenvalue weighted by Crippen LogP contribution is 2.28. The molecule has 1 aromatic heterocycles. The van der Waals surface area contributed by atoms with Gasteiger partial charge in [-0.1, -0.05) is 11.6 Å². The number of hydrogen-bond donors (Lipinski definition) is 1. The highest BCUT2D eigenvalue weighted by atomic mass is 35.5. The summed E-state index contributed by atoms with van der Waals surface area (Å²) in [6.07, 6.45) is 2.39. The van der Waals surface area contributed by atoms with Crippen molar-refractivity contribution in [2.45, 2.75) is 23.5 Å². The smallest absolute Gasteiger partial charge is 0.252 e. The molecule has 0 saturated carbocycles. The number of piperidine rings is 1. The van der Waals surface area contributed by atoms with Gasteiger partial charge < -0.3 is 10.2 Å². The van der Waals surface area contributed by atoms with Crippen molar-refractivity contribution in [3.05, 3.63) is 16.5 Å². The van der Waals surface area contributed by atoms with Crippen LogP contribution in [0.1, 0.15) is 19.3 Å². The van der Waals surface area contributed by atoms with Gasteiger partial charge in [0.25, 0.3) is 10.0 Å². The van der Waals surface area contributed by atoms with Crippen LogP contribution in [0.15, 0.2) is 16.3 Å². The minimum atomic E-state index is -3.52. The third-order valence-corrected chi connectivity index (χ3v) is 8.19. The van der Waals surface area contributed by atoms with Gasteiger partial charge in [-0.05, 0) is 44.5 Å². The summed E-state index contributed by atoms with van der Waals surface area (Å²) in [6, 6.07) is 3.15. The van der Waals surface area contributed by atoms with E-state index in [0.717, 1.165) is 37.3 Å². The number of nitrogens with zero attached hydrogens (tertiary/aromatic N) is 2. The molecule has 1 aromatic rings. The van der Waals surface area contributed by atoms with Crippen LogP contribution < -0.4 is 5.32 Å². The van der Waals surface area contributed by atoms with Crippen molar-refractivity contribution in [3.8, 4) is 0 Å². The van der Waals surface area contributed by atoms with E-state index in [-0.39, 0.29) is 16.0 Å². The van der Waals surface area contributed by atoms with Crippen LogP contribution in [0.4, 0.5) is 0 Å². The molecule has 6 nitrogen and oxygen atoms in total. The molecule has 0 unspecified atom stereocenters. The molecule has 0 atom stereocenters. The van der Waals surface area contributed by atoms with Gasteiger partial charge in [-0.2, -0.15) is 4.31 Å². The average molecular weight is 392 g/mol. The van der Waals surface area contributed by atoms with E-state index in [0.29, 0.717) is 36.9 Å². The molecule has 0 radical (unpaired) electrons. The van der Waals surface area contributed by atoms with Gasteiger partial charge in [0.1, 0.15) is 4.21 Å². The lowest BCUT2D eigenvalue weighted by Gasteiger charge is -2.28. The number of carbonyl (C=O) groups is 1. The predicted octanol–water partition coefficient (Wildman–Crippen LogP) is 1.62.